The van der Waals surface area contributed by atoms with Crippen molar-refractivity contribution < 1.29 is 4.74 Å². The van der Waals surface area contributed by atoms with E-state index in [-0.39, 0.29) is 11.1 Å². The lowest BCUT2D eigenvalue weighted by Gasteiger charge is -2.50. The van der Waals surface area contributed by atoms with Crippen LogP contribution < -0.4 is 5.32 Å². The summed E-state index contributed by atoms with van der Waals surface area (Å²) in [6.07, 6.45) is 3.62. The lowest BCUT2D eigenvalue weighted by Crippen LogP contribution is -2.62. The third-order valence-electron chi connectivity index (χ3n) is 5.43. The van der Waals surface area contributed by atoms with Crippen LogP contribution in [0.4, 0.5) is 0 Å². The summed E-state index contributed by atoms with van der Waals surface area (Å²) in [5, 5.41) is 3.82. The van der Waals surface area contributed by atoms with Gasteiger partial charge in [0.1, 0.15) is 0 Å². The molecule has 0 spiro atoms. The van der Waals surface area contributed by atoms with Gasteiger partial charge in [0.25, 0.3) is 0 Å². The molecule has 2 aliphatic rings. The summed E-state index contributed by atoms with van der Waals surface area (Å²) < 4.78 is 5.64. The molecule has 2 saturated heterocycles. The smallest absolute Gasteiger partial charge is 0.0507 e. The van der Waals surface area contributed by atoms with Crippen LogP contribution >= 0.6 is 0 Å². The zero-order valence-corrected chi connectivity index (χ0v) is 15.8. The number of hydrogen-bond acceptors (Lipinski definition) is 3. The van der Waals surface area contributed by atoms with Crippen LogP contribution in [-0.4, -0.2) is 41.8 Å². The molecule has 134 valence electrons. The fraction of sp³-hybridized carbons (Fsp3) is 0.714. The van der Waals surface area contributed by atoms with Crippen molar-refractivity contribution in [2.45, 2.75) is 70.6 Å². The molecule has 2 aliphatic heterocycles. The number of nitrogens with zero attached hydrogens (tertiary/aromatic N) is 1. The van der Waals surface area contributed by atoms with Gasteiger partial charge in [-0.3, -0.25) is 4.90 Å². The van der Waals surface area contributed by atoms with Crippen molar-refractivity contribution >= 4 is 0 Å². The summed E-state index contributed by atoms with van der Waals surface area (Å²) in [4.78, 5) is 2.74. The Morgan fingerprint density at radius 1 is 1.08 bits per heavy atom. The van der Waals surface area contributed by atoms with Crippen LogP contribution in [0.2, 0.25) is 0 Å². The van der Waals surface area contributed by atoms with Gasteiger partial charge in [-0.1, -0.05) is 30.3 Å². The molecule has 1 unspecified atom stereocenters. The monoisotopic (exact) mass is 330 g/mol. The molecule has 0 radical (unpaired) electrons. The SMILES string of the molecule is CC1(C)CC(N(Cc2ccccc2)CC2CCOC2)CC(C)(C)N1. The predicted molar refractivity (Wildman–Crippen MR) is 100 cm³/mol. The van der Waals surface area contributed by atoms with E-state index in [4.69, 9.17) is 4.74 Å². The summed E-state index contributed by atoms with van der Waals surface area (Å²) in [7, 11) is 0. The van der Waals surface area contributed by atoms with Crippen LogP contribution in [-0.2, 0) is 11.3 Å². The second-order valence-electron chi connectivity index (χ2n) is 9.10. The average molecular weight is 331 g/mol. The Hall–Kier alpha value is -0.900. The Morgan fingerprint density at radius 3 is 2.33 bits per heavy atom. The Labute approximate surface area is 147 Å². The third kappa shape index (κ3) is 4.81. The maximum Gasteiger partial charge on any atom is 0.0507 e. The van der Waals surface area contributed by atoms with Crippen molar-refractivity contribution in [3.05, 3.63) is 35.9 Å². The molecule has 1 aromatic carbocycles. The summed E-state index contributed by atoms with van der Waals surface area (Å²) >= 11 is 0. The third-order valence-corrected chi connectivity index (χ3v) is 5.43. The fourth-order valence-corrected chi connectivity index (χ4v) is 4.75. The van der Waals surface area contributed by atoms with Gasteiger partial charge >= 0.3 is 0 Å². The first-order valence-corrected chi connectivity index (χ1v) is 9.48. The van der Waals surface area contributed by atoms with Gasteiger partial charge in [-0.15, -0.1) is 0 Å². The molecular weight excluding hydrogens is 296 g/mol. The highest BCUT2D eigenvalue weighted by Crippen LogP contribution is 2.33. The molecule has 3 heteroatoms. The maximum absolute atomic E-state index is 5.64. The zero-order valence-electron chi connectivity index (χ0n) is 15.8. The van der Waals surface area contributed by atoms with Crippen molar-refractivity contribution in [3.63, 3.8) is 0 Å². The lowest BCUT2D eigenvalue weighted by atomic mass is 9.78. The minimum Gasteiger partial charge on any atom is -0.381 e. The van der Waals surface area contributed by atoms with Crippen LogP contribution in [0.15, 0.2) is 30.3 Å². The van der Waals surface area contributed by atoms with Crippen molar-refractivity contribution in [2.24, 2.45) is 5.92 Å². The summed E-state index contributed by atoms with van der Waals surface area (Å²) in [6, 6.07) is 11.6. The molecule has 1 atom stereocenters. The topological polar surface area (TPSA) is 24.5 Å². The number of nitrogens with one attached hydrogen (secondary N) is 1. The van der Waals surface area contributed by atoms with E-state index in [9.17, 15) is 0 Å². The largest absolute Gasteiger partial charge is 0.381 e. The number of piperidine rings is 1. The summed E-state index contributed by atoms with van der Waals surface area (Å²) in [5.41, 5.74) is 1.80. The first kappa shape index (κ1) is 17.9. The molecule has 2 heterocycles. The molecule has 0 aromatic heterocycles. The van der Waals surface area contributed by atoms with Crippen molar-refractivity contribution in [2.75, 3.05) is 19.8 Å². The molecular formula is C21H34N2O. The molecule has 0 amide bonds. The Kier molecular flexibility index (Phi) is 5.33. The first-order valence-electron chi connectivity index (χ1n) is 9.48. The molecule has 3 rings (SSSR count). The maximum atomic E-state index is 5.64. The summed E-state index contributed by atoms with van der Waals surface area (Å²) in [5.74, 6) is 0.690. The molecule has 0 saturated carbocycles. The minimum absolute atomic E-state index is 0.188. The van der Waals surface area contributed by atoms with Crippen LogP contribution in [0, 0.1) is 5.92 Å². The highest BCUT2D eigenvalue weighted by Gasteiger charge is 2.40. The number of rotatable bonds is 5. The zero-order chi connectivity index (χ0) is 17.2. The van der Waals surface area contributed by atoms with Gasteiger partial charge in [0, 0.05) is 36.8 Å². The minimum atomic E-state index is 0.188. The molecule has 0 bridgehead atoms. The van der Waals surface area contributed by atoms with Gasteiger partial charge in [-0.2, -0.15) is 0 Å². The van der Waals surface area contributed by atoms with Crippen LogP contribution in [0.25, 0.3) is 0 Å². The number of ether oxygens (including phenoxy) is 1. The van der Waals surface area contributed by atoms with Gasteiger partial charge in [0.2, 0.25) is 0 Å². The lowest BCUT2D eigenvalue weighted by molar-refractivity contribution is 0.0493. The van der Waals surface area contributed by atoms with Crippen molar-refractivity contribution in [1.82, 2.24) is 10.2 Å². The van der Waals surface area contributed by atoms with Crippen LogP contribution in [0.1, 0.15) is 52.5 Å². The van der Waals surface area contributed by atoms with Crippen LogP contribution in [0.3, 0.4) is 0 Å². The number of benzene rings is 1. The highest BCUT2D eigenvalue weighted by atomic mass is 16.5. The Morgan fingerprint density at radius 2 is 1.75 bits per heavy atom. The second kappa shape index (κ2) is 7.15. The van der Waals surface area contributed by atoms with Gasteiger partial charge in [-0.05, 0) is 58.4 Å². The molecule has 1 aromatic rings. The van der Waals surface area contributed by atoms with E-state index in [2.05, 4.69) is 68.2 Å². The molecule has 3 nitrogen and oxygen atoms in total. The predicted octanol–water partition coefficient (Wildman–Crippen LogP) is 3.83. The van der Waals surface area contributed by atoms with Gasteiger partial charge in [-0.25, -0.2) is 0 Å². The van der Waals surface area contributed by atoms with E-state index in [0.717, 1.165) is 26.3 Å². The van der Waals surface area contributed by atoms with Crippen LogP contribution in [0.5, 0.6) is 0 Å². The number of hydrogen-bond donors (Lipinski definition) is 1. The molecule has 0 aliphatic carbocycles. The van der Waals surface area contributed by atoms with E-state index in [1.807, 2.05) is 0 Å². The normalized spacial score (nSPS) is 26.8. The van der Waals surface area contributed by atoms with Crippen molar-refractivity contribution in [3.8, 4) is 0 Å². The second-order valence-corrected chi connectivity index (χ2v) is 9.10. The first-order chi connectivity index (χ1) is 11.3. The van der Waals surface area contributed by atoms with E-state index < -0.39 is 0 Å². The molecule has 1 N–H and O–H groups in total. The van der Waals surface area contributed by atoms with E-state index >= 15 is 0 Å². The molecule has 2 fully saturated rings. The van der Waals surface area contributed by atoms with Crippen molar-refractivity contribution in [1.29, 1.82) is 0 Å². The molecule has 24 heavy (non-hydrogen) atoms. The van der Waals surface area contributed by atoms with E-state index in [1.165, 1.54) is 24.8 Å². The Balaban J connectivity index is 1.77. The van der Waals surface area contributed by atoms with E-state index in [1.54, 1.807) is 0 Å². The Bertz CT molecular complexity index is 504. The average Bonchev–Trinajstić information content (AvgIpc) is 2.97. The van der Waals surface area contributed by atoms with Gasteiger partial charge in [0.05, 0.1) is 6.61 Å². The highest BCUT2D eigenvalue weighted by molar-refractivity contribution is 5.15. The standard InChI is InChI=1S/C21H34N2O/c1-20(2)12-19(13-21(3,4)22-20)23(15-18-10-11-24-16-18)14-17-8-6-5-7-9-17/h5-9,18-19,22H,10-16H2,1-4H3. The quantitative estimate of drug-likeness (QED) is 0.888. The van der Waals surface area contributed by atoms with E-state index in [0.29, 0.717) is 12.0 Å². The van der Waals surface area contributed by atoms with Gasteiger partial charge in [0.15, 0.2) is 0 Å². The summed E-state index contributed by atoms with van der Waals surface area (Å²) in [6.45, 7) is 13.5. The fourth-order valence-electron chi connectivity index (χ4n) is 4.75. The van der Waals surface area contributed by atoms with Gasteiger partial charge < -0.3 is 10.1 Å².